The summed E-state index contributed by atoms with van der Waals surface area (Å²) >= 11 is 0. The quantitative estimate of drug-likeness (QED) is 0.562. The van der Waals surface area contributed by atoms with Crippen molar-refractivity contribution in [3.63, 3.8) is 0 Å². The smallest absolute Gasteiger partial charge is 0.227 e. The molecule has 0 aromatic carbocycles. The molecule has 2 heterocycles. The molecule has 140 valence electrons. The van der Waals surface area contributed by atoms with Crippen LogP contribution in [0.2, 0.25) is 0 Å². The zero-order valence-corrected chi connectivity index (χ0v) is 15.9. The molecular weight excluding hydrogens is 338 g/mol. The van der Waals surface area contributed by atoms with E-state index in [1.165, 1.54) is 0 Å². The fourth-order valence-electron chi connectivity index (χ4n) is 3.11. The van der Waals surface area contributed by atoms with Crippen molar-refractivity contribution in [3.05, 3.63) is 37.2 Å². The summed E-state index contributed by atoms with van der Waals surface area (Å²) < 4.78 is 32.8. The van der Waals surface area contributed by atoms with Gasteiger partial charge in [0.25, 0.3) is 0 Å². The Kier molecular flexibility index (Phi) is 7.40. The highest BCUT2D eigenvalue weighted by atomic mass is 32.2. The summed E-state index contributed by atoms with van der Waals surface area (Å²) in [5.41, 5.74) is 0.883. The van der Waals surface area contributed by atoms with E-state index in [9.17, 15) is 8.42 Å². The van der Waals surface area contributed by atoms with E-state index in [2.05, 4.69) is 23.0 Å². The standard InChI is InChI=1S/C18H29N3O3S/c1-4-9-20(10-5-2)14-16-13-19-18(25(22,23)12-6-3)21(16)15-17-8-7-11-24-17/h4-5,13,17H,1-2,6-12,14-15H2,3H3/t17-/m0/s1. The van der Waals surface area contributed by atoms with Gasteiger partial charge in [-0.1, -0.05) is 19.1 Å². The van der Waals surface area contributed by atoms with E-state index in [4.69, 9.17) is 4.74 Å². The first-order valence-corrected chi connectivity index (χ1v) is 10.5. The van der Waals surface area contributed by atoms with E-state index in [1.54, 1.807) is 6.20 Å². The summed E-state index contributed by atoms with van der Waals surface area (Å²) in [5, 5.41) is 0.164. The second-order valence-corrected chi connectivity index (χ2v) is 8.37. The zero-order valence-electron chi connectivity index (χ0n) is 15.1. The lowest BCUT2D eigenvalue weighted by Gasteiger charge is -2.21. The van der Waals surface area contributed by atoms with Crippen LogP contribution in [-0.2, 0) is 27.7 Å². The van der Waals surface area contributed by atoms with Gasteiger partial charge in [-0.25, -0.2) is 13.4 Å². The molecule has 0 bridgehead atoms. The average Bonchev–Trinajstić information content (AvgIpc) is 3.19. The second kappa shape index (κ2) is 9.31. The Morgan fingerprint density at radius 2 is 2.12 bits per heavy atom. The van der Waals surface area contributed by atoms with Crippen molar-refractivity contribution in [2.75, 3.05) is 25.4 Å². The van der Waals surface area contributed by atoms with Crippen LogP contribution in [0, 0.1) is 0 Å². The van der Waals surface area contributed by atoms with Gasteiger partial charge in [0.05, 0.1) is 30.3 Å². The van der Waals surface area contributed by atoms with Gasteiger partial charge >= 0.3 is 0 Å². The van der Waals surface area contributed by atoms with Gasteiger partial charge in [-0.05, 0) is 19.3 Å². The van der Waals surface area contributed by atoms with Crippen molar-refractivity contribution < 1.29 is 13.2 Å². The Bertz CT molecular complexity index is 666. The molecule has 6 nitrogen and oxygen atoms in total. The topological polar surface area (TPSA) is 64.4 Å². The largest absolute Gasteiger partial charge is 0.376 e. The molecule has 7 heteroatoms. The number of aromatic nitrogens is 2. The van der Waals surface area contributed by atoms with Gasteiger partial charge in [0.2, 0.25) is 15.0 Å². The molecule has 1 aromatic rings. The minimum absolute atomic E-state index is 0.0517. The molecule has 0 N–H and O–H groups in total. The van der Waals surface area contributed by atoms with Gasteiger partial charge in [0, 0.05) is 26.2 Å². The van der Waals surface area contributed by atoms with Crippen LogP contribution in [0.15, 0.2) is 36.7 Å². The van der Waals surface area contributed by atoms with Crippen molar-refractivity contribution in [1.29, 1.82) is 0 Å². The van der Waals surface area contributed by atoms with Crippen molar-refractivity contribution >= 4 is 9.84 Å². The fourth-order valence-corrected chi connectivity index (χ4v) is 4.57. The summed E-state index contributed by atoms with van der Waals surface area (Å²) in [6, 6.07) is 0. The molecule has 0 spiro atoms. The predicted octanol–water partition coefficient (Wildman–Crippen LogP) is 2.42. The monoisotopic (exact) mass is 367 g/mol. The normalized spacial score (nSPS) is 17.9. The van der Waals surface area contributed by atoms with Crippen LogP contribution < -0.4 is 0 Å². The average molecular weight is 368 g/mol. The highest BCUT2D eigenvalue weighted by molar-refractivity contribution is 7.91. The molecule has 0 saturated carbocycles. The summed E-state index contributed by atoms with van der Waals surface area (Å²) in [4.78, 5) is 6.40. The number of hydrogen-bond donors (Lipinski definition) is 0. The van der Waals surface area contributed by atoms with Crippen LogP contribution in [0.25, 0.3) is 0 Å². The Labute approximate surface area is 151 Å². The zero-order chi connectivity index (χ0) is 18.3. The van der Waals surface area contributed by atoms with Crippen LogP contribution in [0.3, 0.4) is 0 Å². The second-order valence-electron chi connectivity index (χ2n) is 6.37. The lowest BCUT2D eigenvalue weighted by molar-refractivity contribution is 0.0934. The van der Waals surface area contributed by atoms with Crippen LogP contribution in [0.4, 0.5) is 0 Å². The predicted molar refractivity (Wildman–Crippen MR) is 99.2 cm³/mol. The van der Waals surface area contributed by atoms with E-state index in [1.807, 2.05) is 23.6 Å². The highest BCUT2D eigenvalue weighted by Crippen LogP contribution is 2.21. The molecule has 0 aliphatic carbocycles. The molecule has 1 saturated heterocycles. The summed E-state index contributed by atoms with van der Waals surface area (Å²) in [6.45, 7) is 12.7. The van der Waals surface area contributed by atoms with Gasteiger partial charge in [0.15, 0.2) is 0 Å². The maximum Gasteiger partial charge on any atom is 0.227 e. The maximum absolute atomic E-state index is 12.6. The van der Waals surface area contributed by atoms with Crippen molar-refractivity contribution in [3.8, 4) is 0 Å². The Morgan fingerprint density at radius 3 is 2.68 bits per heavy atom. The third kappa shape index (κ3) is 5.26. The van der Waals surface area contributed by atoms with Crippen molar-refractivity contribution in [2.45, 2.75) is 50.5 Å². The first-order chi connectivity index (χ1) is 12.0. The van der Waals surface area contributed by atoms with Gasteiger partial charge < -0.3 is 9.30 Å². The molecule has 0 amide bonds. The molecule has 1 aromatic heterocycles. The van der Waals surface area contributed by atoms with E-state index in [-0.39, 0.29) is 17.0 Å². The van der Waals surface area contributed by atoms with E-state index in [0.717, 1.165) is 25.1 Å². The van der Waals surface area contributed by atoms with Crippen LogP contribution in [0.1, 0.15) is 31.9 Å². The Hall–Kier alpha value is -1.44. The van der Waals surface area contributed by atoms with Crippen molar-refractivity contribution in [2.24, 2.45) is 0 Å². The third-order valence-corrected chi connectivity index (χ3v) is 6.05. The molecule has 1 aliphatic rings. The maximum atomic E-state index is 12.6. The first kappa shape index (κ1) is 19.9. The van der Waals surface area contributed by atoms with E-state index < -0.39 is 9.84 Å². The van der Waals surface area contributed by atoms with E-state index >= 15 is 0 Å². The lowest BCUT2D eigenvalue weighted by Crippen LogP contribution is -2.27. The number of imidazole rings is 1. The van der Waals surface area contributed by atoms with Gasteiger partial charge in [-0.15, -0.1) is 13.2 Å². The highest BCUT2D eigenvalue weighted by Gasteiger charge is 2.26. The molecular formula is C18H29N3O3S. The van der Waals surface area contributed by atoms with Crippen LogP contribution in [0.5, 0.6) is 0 Å². The number of sulfone groups is 1. The van der Waals surface area contributed by atoms with Gasteiger partial charge in [-0.3, -0.25) is 4.90 Å². The number of nitrogens with zero attached hydrogens (tertiary/aromatic N) is 3. The lowest BCUT2D eigenvalue weighted by atomic mass is 10.2. The van der Waals surface area contributed by atoms with Gasteiger partial charge in [0.1, 0.15) is 0 Å². The number of ether oxygens (including phenoxy) is 1. The minimum Gasteiger partial charge on any atom is -0.376 e. The molecule has 1 atom stereocenters. The van der Waals surface area contributed by atoms with E-state index in [0.29, 0.717) is 32.6 Å². The SMILES string of the molecule is C=CCN(CC=C)Cc1cnc(S(=O)(=O)CCC)n1C[C@@H]1CCCO1. The van der Waals surface area contributed by atoms with Crippen LogP contribution >= 0.6 is 0 Å². The molecule has 1 aliphatic heterocycles. The summed E-state index contributed by atoms with van der Waals surface area (Å²) in [6.07, 6.45) is 7.94. The summed E-state index contributed by atoms with van der Waals surface area (Å²) in [5.74, 6) is 0.109. The Morgan fingerprint density at radius 1 is 1.40 bits per heavy atom. The number of rotatable bonds is 11. The number of hydrogen-bond acceptors (Lipinski definition) is 5. The Balaban J connectivity index is 2.32. The molecule has 0 unspecified atom stereocenters. The third-order valence-electron chi connectivity index (χ3n) is 4.22. The minimum atomic E-state index is -3.38. The molecule has 2 rings (SSSR count). The molecule has 0 radical (unpaired) electrons. The fraction of sp³-hybridized carbons (Fsp3) is 0.611. The van der Waals surface area contributed by atoms with Gasteiger partial charge in [-0.2, -0.15) is 0 Å². The summed E-state index contributed by atoms with van der Waals surface area (Å²) in [7, 11) is -3.38. The van der Waals surface area contributed by atoms with Crippen molar-refractivity contribution in [1.82, 2.24) is 14.5 Å². The molecule has 1 fully saturated rings. The van der Waals surface area contributed by atoms with Crippen LogP contribution in [-0.4, -0.2) is 54.4 Å². The first-order valence-electron chi connectivity index (χ1n) is 8.84. The molecule has 25 heavy (non-hydrogen) atoms.